The largest absolute Gasteiger partial charge is 0.496 e. The van der Waals surface area contributed by atoms with Crippen LogP contribution in [0.4, 0.5) is 5.69 Å². The van der Waals surface area contributed by atoms with E-state index in [-0.39, 0.29) is 6.04 Å². The molecule has 0 aliphatic rings. The molecule has 84 valence electrons. The second-order valence-corrected chi connectivity index (χ2v) is 3.74. The fourth-order valence-electron chi connectivity index (χ4n) is 1.44. The lowest BCUT2D eigenvalue weighted by molar-refractivity contribution is 0.410. The lowest BCUT2D eigenvalue weighted by atomic mass is 10.1. The van der Waals surface area contributed by atoms with E-state index in [4.69, 9.17) is 10.5 Å². The van der Waals surface area contributed by atoms with Crippen LogP contribution in [0.25, 0.3) is 0 Å². The molecule has 1 aromatic rings. The Kier molecular flexibility index (Phi) is 4.43. The van der Waals surface area contributed by atoms with Crippen LogP contribution in [0.3, 0.4) is 0 Å². The molecule has 1 aromatic carbocycles. The van der Waals surface area contributed by atoms with Crippen LogP contribution in [0.1, 0.15) is 19.4 Å². The van der Waals surface area contributed by atoms with E-state index >= 15 is 0 Å². The summed E-state index contributed by atoms with van der Waals surface area (Å²) < 4.78 is 5.26. The molecule has 3 nitrogen and oxygen atoms in total. The average molecular weight is 208 g/mol. The summed E-state index contributed by atoms with van der Waals surface area (Å²) in [5, 5.41) is 3.29. The van der Waals surface area contributed by atoms with Crippen molar-refractivity contribution in [3.63, 3.8) is 0 Å². The maximum absolute atomic E-state index is 5.68. The van der Waals surface area contributed by atoms with E-state index in [0.717, 1.165) is 24.4 Å². The molecule has 3 N–H and O–H groups in total. The van der Waals surface area contributed by atoms with Crippen LogP contribution >= 0.6 is 0 Å². The van der Waals surface area contributed by atoms with Crippen molar-refractivity contribution in [3.8, 4) is 5.75 Å². The highest BCUT2D eigenvalue weighted by molar-refractivity contribution is 5.51. The summed E-state index contributed by atoms with van der Waals surface area (Å²) in [7, 11) is 1.70. The van der Waals surface area contributed by atoms with Gasteiger partial charge in [-0.1, -0.05) is 6.92 Å². The van der Waals surface area contributed by atoms with Crippen LogP contribution in [-0.4, -0.2) is 19.7 Å². The van der Waals surface area contributed by atoms with Gasteiger partial charge in [0.1, 0.15) is 5.75 Å². The van der Waals surface area contributed by atoms with Gasteiger partial charge in [0.25, 0.3) is 0 Å². The van der Waals surface area contributed by atoms with E-state index in [1.54, 1.807) is 7.11 Å². The molecule has 3 heteroatoms. The zero-order valence-electron chi connectivity index (χ0n) is 9.71. The smallest absolute Gasteiger partial charge is 0.122 e. The number of aryl methyl sites for hydroxylation is 1. The minimum Gasteiger partial charge on any atom is -0.496 e. The SMILES string of the molecule is CCc1cc(NCC(C)N)ccc1OC. The van der Waals surface area contributed by atoms with Crippen LogP contribution in [0.15, 0.2) is 18.2 Å². The molecular formula is C12H20N2O. The molecule has 0 aliphatic heterocycles. The Morgan fingerprint density at radius 3 is 2.73 bits per heavy atom. The van der Waals surface area contributed by atoms with Crippen LogP contribution in [0.5, 0.6) is 5.75 Å². The predicted octanol–water partition coefficient (Wildman–Crippen LogP) is 2.02. The number of nitrogens with two attached hydrogens (primary N) is 1. The molecule has 0 heterocycles. The molecule has 0 radical (unpaired) electrons. The molecule has 1 atom stereocenters. The van der Waals surface area contributed by atoms with E-state index in [9.17, 15) is 0 Å². The molecule has 0 aliphatic carbocycles. The van der Waals surface area contributed by atoms with Gasteiger partial charge in [-0.25, -0.2) is 0 Å². The number of ether oxygens (including phenoxy) is 1. The van der Waals surface area contributed by atoms with Gasteiger partial charge in [-0.05, 0) is 37.1 Å². The average Bonchev–Trinajstić information content (AvgIpc) is 2.25. The summed E-state index contributed by atoms with van der Waals surface area (Å²) in [6.07, 6.45) is 0.969. The molecule has 0 spiro atoms. The third-order valence-corrected chi connectivity index (χ3v) is 2.29. The number of anilines is 1. The highest BCUT2D eigenvalue weighted by atomic mass is 16.5. The normalized spacial score (nSPS) is 12.3. The molecule has 1 rings (SSSR count). The van der Waals surface area contributed by atoms with E-state index < -0.39 is 0 Å². The van der Waals surface area contributed by atoms with Crippen LogP contribution < -0.4 is 15.8 Å². The zero-order chi connectivity index (χ0) is 11.3. The summed E-state index contributed by atoms with van der Waals surface area (Å²) >= 11 is 0. The van der Waals surface area contributed by atoms with Crippen molar-refractivity contribution in [2.75, 3.05) is 19.0 Å². The quantitative estimate of drug-likeness (QED) is 0.778. The first-order chi connectivity index (χ1) is 7.17. The van der Waals surface area contributed by atoms with Gasteiger partial charge in [-0.3, -0.25) is 0 Å². The summed E-state index contributed by atoms with van der Waals surface area (Å²) in [5.41, 5.74) is 8.00. The first kappa shape index (κ1) is 11.9. The topological polar surface area (TPSA) is 47.3 Å². The Bertz CT molecular complexity index is 310. The number of benzene rings is 1. The highest BCUT2D eigenvalue weighted by Gasteiger charge is 2.02. The van der Waals surface area contributed by atoms with Gasteiger partial charge in [0.05, 0.1) is 7.11 Å². The van der Waals surface area contributed by atoms with Crippen molar-refractivity contribution in [3.05, 3.63) is 23.8 Å². The molecule has 1 unspecified atom stereocenters. The lowest BCUT2D eigenvalue weighted by Gasteiger charge is -2.12. The highest BCUT2D eigenvalue weighted by Crippen LogP contribution is 2.22. The standard InChI is InChI=1S/C12H20N2O/c1-4-10-7-11(14-8-9(2)13)5-6-12(10)15-3/h5-7,9,14H,4,8,13H2,1-3H3. The fourth-order valence-corrected chi connectivity index (χ4v) is 1.44. The summed E-state index contributed by atoms with van der Waals surface area (Å²) in [4.78, 5) is 0. The summed E-state index contributed by atoms with van der Waals surface area (Å²) in [6.45, 7) is 4.89. The number of nitrogens with one attached hydrogen (secondary N) is 1. The molecule has 0 bridgehead atoms. The summed E-state index contributed by atoms with van der Waals surface area (Å²) in [6, 6.07) is 6.28. The van der Waals surface area contributed by atoms with Crippen LogP contribution in [0.2, 0.25) is 0 Å². The van der Waals surface area contributed by atoms with E-state index in [0.29, 0.717) is 0 Å². The third-order valence-electron chi connectivity index (χ3n) is 2.29. The zero-order valence-corrected chi connectivity index (χ0v) is 9.71. The van der Waals surface area contributed by atoms with Crippen molar-refractivity contribution >= 4 is 5.69 Å². The minimum atomic E-state index is 0.164. The second-order valence-electron chi connectivity index (χ2n) is 3.74. The van der Waals surface area contributed by atoms with Crippen molar-refractivity contribution < 1.29 is 4.74 Å². The van der Waals surface area contributed by atoms with Crippen molar-refractivity contribution in [2.45, 2.75) is 26.3 Å². The second kappa shape index (κ2) is 5.61. The molecule has 0 saturated heterocycles. The number of hydrogen-bond acceptors (Lipinski definition) is 3. The van der Waals surface area contributed by atoms with Gasteiger partial charge < -0.3 is 15.8 Å². The van der Waals surface area contributed by atoms with Crippen LogP contribution in [0, 0.1) is 0 Å². The number of hydrogen-bond donors (Lipinski definition) is 2. The molecule has 0 fully saturated rings. The molecular weight excluding hydrogens is 188 g/mol. The Balaban J connectivity index is 2.74. The first-order valence-electron chi connectivity index (χ1n) is 5.33. The van der Waals surface area contributed by atoms with E-state index in [2.05, 4.69) is 18.3 Å². The Morgan fingerprint density at radius 1 is 1.47 bits per heavy atom. The summed E-state index contributed by atoms with van der Waals surface area (Å²) in [5.74, 6) is 0.948. The van der Waals surface area contributed by atoms with Gasteiger partial charge in [-0.15, -0.1) is 0 Å². The van der Waals surface area contributed by atoms with E-state index in [1.807, 2.05) is 19.1 Å². The van der Waals surface area contributed by atoms with Gasteiger partial charge >= 0.3 is 0 Å². The number of methoxy groups -OCH3 is 1. The maximum Gasteiger partial charge on any atom is 0.122 e. The maximum atomic E-state index is 5.68. The molecule has 15 heavy (non-hydrogen) atoms. The van der Waals surface area contributed by atoms with Crippen molar-refractivity contribution in [1.82, 2.24) is 0 Å². The third kappa shape index (κ3) is 3.44. The van der Waals surface area contributed by atoms with Gasteiger partial charge in [0, 0.05) is 18.3 Å². The molecule has 0 saturated carbocycles. The Morgan fingerprint density at radius 2 is 2.20 bits per heavy atom. The monoisotopic (exact) mass is 208 g/mol. The lowest BCUT2D eigenvalue weighted by Crippen LogP contribution is -2.25. The van der Waals surface area contributed by atoms with E-state index in [1.165, 1.54) is 5.56 Å². The molecule has 0 aromatic heterocycles. The van der Waals surface area contributed by atoms with Gasteiger partial charge in [0.2, 0.25) is 0 Å². The Hall–Kier alpha value is -1.22. The van der Waals surface area contributed by atoms with Gasteiger partial charge in [0.15, 0.2) is 0 Å². The van der Waals surface area contributed by atoms with Crippen molar-refractivity contribution in [1.29, 1.82) is 0 Å². The van der Waals surface area contributed by atoms with Crippen molar-refractivity contribution in [2.24, 2.45) is 5.73 Å². The predicted molar refractivity (Wildman–Crippen MR) is 64.5 cm³/mol. The van der Waals surface area contributed by atoms with Crippen LogP contribution in [-0.2, 0) is 6.42 Å². The minimum absolute atomic E-state index is 0.164. The molecule has 0 amide bonds. The Labute approximate surface area is 91.6 Å². The van der Waals surface area contributed by atoms with Gasteiger partial charge in [-0.2, -0.15) is 0 Å². The first-order valence-corrected chi connectivity index (χ1v) is 5.33. The number of rotatable bonds is 5. The fraction of sp³-hybridized carbons (Fsp3) is 0.500.